The van der Waals surface area contributed by atoms with Gasteiger partial charge in [0.15, 0.2) is 6.10 Å². The number of hydrogen-bond donors (Lipinski definition) is 1. The number of carbonyl (C=O) groups excluding carboxylic acids is 2. The topological polar surface area (TPSA) is 79.2 Å². The zero-order chi connectivity index (χ0) is 19.6. The monoisotopic (exact) mass is 408 g/mol. The zero-order valence-corrected chi connectivity index (χ0v) is 16.3. The maximum absolute atomic E-state index is 13.4. The van der Waals surface area contributed by atoms with Crippen molar-refractivity contribution in [3.63, 3.8) is 0 Å². The van der Waals surface area contributed by atoms with E-state index >= 15 is 0 Å². The fourth-order valence-corrected chi connectivity index (χ4v) is 4.61. The molecule has 1 amide bonds. The fourth-order valence-electron chi connectivity index (χ4n) is 3.20. The van der Waals surface area contributed by atoms with Gasteiger partial charge in [-0.05, 0) is 38.0 Å². The molecule has 5 nitrogen and oxygen atoms in total. The van der Waals surface area contributed by atoms with E-state index in [1.165, 1.54) is 25.1 Å². The Morgan fingerprint density at radius 1 is 1.37 bits per heavy atom. The predicted molar refractivity (Wildman–Crippen MR) is 101 cm³/mol. The van der Waals surface area contributed by atoms with Crippen LogP contribution in [0.2, 0.25) is 5.02 Å². The molecule has 2 aromatic rings. The molecule has 1 aromatic heterocycles. The summed E-state index contributed by atoms with van der Waals surface area (Å²) in [5, 5.41) is 12.9. The first-order valence-corrected chi connectivity index (χ1v) is 9.86. The Bertz CT molecular complexity index is 931. The summed E-state index contributed by atoms with van der Waals surface area (Å²) in [5.74, 6) is -1.70. The second-order valence-corrected chi connectivity index (χ2v) is 8.11. The van der Waals surface area contributed by atoms with Gasteiger partial charge in [-0.15, -0.1) is 11.3 Å². The zero-order valence-electron chi connectivity index (χ0n) is 14.7. The van der Waals surface area contributed by atoms with Gasteiger partial charge in [-0.1, -0.05) is 30.9 Å². The van der Waals surface area contributed by atoms with Crippen LogP contribution in [0.5, 0.6) is 0 Å². The van der Waals surface area contributed by atoms with Gasteiger partial charge in [0.05, 0.1) is 11.1 Å². The first kappa shape index (κ1) is 19.6. The summed E-state index contributed by atoms with van der Waals surface area (Å²) in [5.41, 5.74) is -0.900. The molecule has 0 spiro atoms. The number of rotatable bonds is 4. The molecule has 0 saturated heterocycles. The van der Waals surface area contributed by atoms with Gasteiger partial charge in [0.2, 0.25) is 0 Å². The Labute approximate surface area is 165 Å². The van der Waals surface area contributed by atoms with Crippen LogP contribution in [0.3, 0.4) is 0 Å². The summed E-state index contributed by atoms with van der Waals surface area (Å²) in [4.78, 5) is 25.0. The minimum Gasteiger partial charge on any atom is -0.448 e. The van der Waals surface area contributed by atoms with Gasteiger partial charge in [0.25, 0.3) is 5.91 Å². The molecule has 1 saturated carbocycles. The molecular formula is C19H18ClFN2O3S. The number of carbonyl (C=O) groups is 2. The highest BCUT2D eigenvalue weighted by Crippen LogP contribution is 2.36. The van der Waals surface area contributed by atoms with Crippen molar-refractivity contribution in [1.29, 1.82) is 5.26 Å². The van der Waals surface area contributed by atoms with E-state index in [1.54, 1.807) is 0 Å². The Balaban J connectivity index is 1.71. The van der Waals surface area contributed by atoms with Gasteiger partial charge in [-0.3, -0.25) is 4.79 Å². The van der Waals surface area contributed by atoms with E-state index in [0.717, 1.165) is 30.6 Å². The fraction of sp³-hybridized carbons (Fsp3) is 0.421. The van der Waals surface area contributed by atoms with Crippen molar-refractivity contribution in [3.8, 4) is 6.07 Å². The molecule has 1 aromatic carbocycles. The van der Waals surface area contributed by atoms with Crippen LogP contribution in [0.4, 0.5) is 4.39 Å². The van der Waals surface area contributed by atoms with Crippen molar-refractivity contribution in [3.05, 3.63) is 33.9 Å². The Morgan fingerprint density at radius 2 is 2.07 bits per heavy atom. The third-order valence-electron chi connectivity index (χ3n) is 4.71. The van der Waals surface area contributed by atoms with Crippen LogP contribution in [0, 0.1) is 17.1 Å². The lowest BCUT2D eigenvalue weighted by Crippen LogP contribution is -2.52. The Kier molecular flexibility index (Phi) is 5.68. The minimum absolute atomic E-state index is 0.115. The van der Waals surface area contributed by atoms with Crippen LogP contribution in [0.15, 0.2) is 18.2 Å². The summed E-state index contributed by atoms with van der Waals surface area (Å²) < 4.78 is 19.1. The van der Waals surface area contributed by atoms with Crippen molar-refractivity contribution >= 4 is 44.9 Å². The highest BCUT2D eigenvalue weighted by Gasteiger charge is 2.35. The second-order valence-electron chi connectivity index (χ2n) is 6.68. The minimum atomic E-state index is -1.08. The summed E-state index contributed by atoms with van der Waals surface area (Å²) >= 11 is 7.22. The number of nitriles is 1. The highest BCUT2D eigenvalue weighted by molar-refractivity contribution is 7.21. The van der Waals surface area contributed by atoms with Gasteiger partial charge in [0, 0.05) is 10.1 Å². The molecule has 1 heterocycles. The van der Waals surface area contributed by atoms with Gasteiger partial charge >= 0.3 is 5.97 Å². The van der Waals surface area contributed by atoms with Crippen LogP contribution in [-0.4, -0.2) is 23.5 Å². The quantitative estimate of drug-likeness (QED) is 0.751. The van der Waals surface area contributed by atoms with Crippen molar-refractivity contribution in [2.45, 2.75) is 50.7 Å². The number of nitrogens with one attached hydrogen (secondary N) is 1. The third-order valence-corrected chi connectivity index (χ3v) is 6.35. The van der Waals surface area contributed by atoms with Crippen LogP contribution < -0.4 is 5.32 Å². The lowest BCUT2D eigenvalue weighted by atomic mass is 9.83. The first-order chi connectivity index (χ1) is 12.8. The van der Waals surface area contributed by atoms with E-state index in [2.05, 4.69) is 11.4 Å². The Morgan fingerprint density at radius 3 is 2.74 bits per heavy atom. The molecule has 0 bridgehead atoms. The molecule has 1 N–H and O–H groups in total. The first-order valence-electron chi connectivity index (χ1n) is 8.67. The average Bonchev–Trinajstić information content (AvgIpc) is 2.98. The number of ether oxygens (including phenoxy) is 1. The number of nitrogens with zero attached hydrogens (tertiary/aromatic N) is 1. The van der Waals surface area contributed by atoms with E-state index in [0.29, 0.717) is 22.9 Å². The van der Waals surface area contributed by atoms with E-state index in [1.807, 2.05) is 0 Å². The largest absolute Gasteiger partial charge is 0.448 e. The van der Waals surface area contributed by atoms with Gasteiger partial charge in [-0.25, -0.2) is 9.18 Å². The SMILES string of the molecule is C[C@H](OC(=O)c1sc2cc(F)ccc2c1Cl)C(=O)NC1(C#N)CCCCC1. The van der Waals surface area contributed by atoms with Gasteiger partial charge in [-0.2, -0.15) is 5.26 Å². The van der Waals surface area contributed by atoms with E-state index in [4.69, 9.17) is 16.3 Å². The molecule has 1 fully saturated rings. The molecule has 1 atom stereocenters. The summed E-state index contributed by atoms with van der Waals surface area (Å²) in [6, 6.07) is 6.24. The Hall–Kier alpha value is -2.17. The summed E-state index contributed by atoms with van der Waals surface area (Å²) in [6.45, 7) is 1.45. The molecule has 8 heteroatoms. The van der Waals surface area contributed by atoms with E-state index in [-0.39, 0.29) is 9.90 Å². The second kappa shape index (κ2) is 7.83. The number of thiophene rings is 1. The van der Waals surface area contributed by atoms with Crippen molar-refractivity contribution in [1.82, 2.24) is 5.32 Å². The number of fused-ring (bicyclic) bond motifs is 1. The predicted octanol–water partition coefficient (Wildman–Crippen LogP) is 4.58. The average molecular weight is 409 g/mol. The highest BCUT2D eigenvalue weighted by atomic mass is 35.5. The normalized spacial score (nSPS) is 17.1. The number of amides is 1. The number of halogens is 2. The van der Waals surface area contributed by atoms with Crippen molar-refractivity contribution in [2.24, 2.45) is 0 Å². The smallest absolute Gasteiger partial charge is 0.350 e. The molecule has 1 aliphatic rings. The molecule has 0 unspecified atom stereocenters. The molecular weight excluding hydrogens is 391 g/mol. The molecule has 27 heavy (non-hydrogen) atoms. The van der Waals surface area contributed by atoms with E-state index in [9.17, 15) is 19.2 Å². The van der Waals surface area contributed by atoms with Crippen LogP contribution in [0.25, 0.3) is 10.1 Å². The molecule has 1 aliphatic carbocycles. The standard InChI is InChI=1S/C19H18ClFN2O3S/c1-11(17(24)23-19(10-22)7-3-2-4-8-19)26-18(25)16-15(20)13-6-5-12(21)9-14(13)27-16/h5-6,9,11H,2-4,7-8H2,1H3,(H,23,24)/t11-/m0/s1. The number of benzene rings is 1. The van der Waals surface area contributed by atoms with Crippen molar-refractivity contribution < 1.29 is 18.7 Å². The van der Waals surface area contributed by atoms with Gasteiger partial charge in [0.1, 0.15) is 16.2 Å². The van der Waals surface area contributed by atoms with Gasteiger partial charge < -0.3 is 10.1 Å². The van der Waals surface area contributed by atoms with Crippen LogP contribution in [0.1, 0.15) is 48.7 Å². The van der Waals surface area contributed by atoms with Crippen molar-refractivity contribution in [2.75, 3.05) is 0 Å². The molecule has 0 aliphatic heterocycles. The number of hydrogen-bond acceptors (Lipinski definition) is 5. The summed E-state index contributed by atoms with van der Waals surface area (Å²) in [6.07, 6.45) is 2.87. The molecule has 0 radical (unpaired) electrons. The summed E-state index contributed by atoms with van der Waals surface area (Å²) in [7, 11) is 0. The molecule has 142 valence electrons. The van der Waals surface area contributed by atoms with Crippen LogP contribution >= 0.6 is 22.9 Å². The third kappa shape index (κ3) is 4.07. The lowest BCUT2D eigenvalue weighted by molar-refractivity contribution is -0.130. The van der Waals surface area contributed by atoms with E-state index < -0.39 is 29.3 Å². The lowest BCUT2D eigenvalue weighted by Gasteiger charge is -2.32. The maximum atomic E-state index is 13.4. The molecule has 3 rings (SSSR count). The maximum Gasteiger partial charge on any atom is 0.350 e. The number of esters is 1. The van der Waals surface area contributed by atoms with Crippen LogP contribution in [-0.2, 0) is 9.53 Å².